The highest BCUT2D eigenvalue weighted by Gasteiger charge is 2.22. The first-order valence-electron chi connectivity index (χ1n) is 4.34. The van der Waals surface area contributed by atoms with Crippen molar-refractivity contribution in [2.45, 2.75) is 18.9 Å². The van der Waals surface area contributed by atoms with E-state index >= 15 is 0 Å². The largest absolute Gasteiger partial charge is 0.480 e. The molecule has 1 aliphatic heterocycles. The van der Waals surface area contributed by atoms with Crippen LogP contribution in [0.15, 0.2) is 24.3 Å². The normalized spacial score (nSPS) is 17.5. The molecule has 5 nitrogen and oxygen atoms in total. The second-order valence-electron chi connectivity index (χ2n) is 3.23. The topological polar surface area (TPSA) is 112 Å². The number of benzene rings is 1. The van der Waals surface area contributed by atoms with E-state index in [4.69, 9.17) is 5.11 Å². The van der Waals surface area contributed by atoms with Gasteiger partial charge in [0, 0.05) is 5.69 Å². The summed E-state index contributed by atoms with van der Waals surface area (Å²) < 4.78 is 0. The molecule has 1 heterocycles. The molecule has 0 fully saturated rings. The van der Waals surface area contributed by atoms with Crippen LogP contribution in [-0.2, 0) is 11.2 Å². The maximum Gasteiger partial charge on any atom is 0.326 e. The highest BCUT2D eigenvalue weighted by atomic mass is 16.4. The van der Waals surface area contributed by atoms with Gasteiger partial charge in [-0.05, 0) is 24.5 Å². The number of hydrogen-bond acceptors (Lipinski definition) is 2. The van der Waals surface area contributed by atoms with Crippen LogP contribution >= 0.6 is 0 Å². The standard InChI is InChI=1S/C10H11NO2.2H2O/c12-10(13)9-6-5-7-3-1-2-4-8(7)11-9;;/h1-4,9,11H,5-6H2,(H,12,13);2*1H2. The fourth-order valence-electron chi connectivity index (χ4n) is 1.62. The van der Waals surface area contributed by atoms with Gasteiger partial charge in [0.15, 0.2) is 0 Å². The fourth-order valence-corrected chi connectivity index (χ4v) is 1.62. The van der Waals surface area contributed by atoms with E-state index in [0.29, 0.717) is 6.42 Å². The predicted molar refractivity (Wildman–Crippen MR) is 57.0 cm³/mol. The molecule has 2 rings (SSSR count). The third-order valence-corrected chi connectivity index (χ3v) is 2.35. The highest BCUT2D eigenvalue weighted by molar-refractivity contribution is 5.78. The minimum atomic E-state index is -0.769. The van der Waals surface area contributed by atoms with E-state index < -0.39 is 12.0 Å². The number of aryl methyl sites for hydroxylation is 1. The van der Waals surface area contributed by atoms with Crippen molar-refractivity contribution in [3.8, 4) is 0 Å². The monoisotopic (exact) mass is 213 g/mol. The van der Waals surface area contributed by atoms with Crippen LogP contribution in [0.2, 0.25) is 0 Å². The number of hydrogen-bond donors (Lipinski definition) is 2. The van der Waals surface area contributed by atoms with Gasteiger partial charge in [0.2, 0.25) is 0 Å². The Labute approximate surface area is 87.4 Å². The lowest BCUT2D eigenvalue weighted by atomic mass is 9.98. The van der Waals surface area contributed by atoms with Gasteiger partial charge in [-0.2, -0.15) is 0 Å². The number of rotatable bonds is 1. The van der Waals surface area contributed by atoms with Gasteiger partial charge < -0.3 is 21.4 Å². The minimum Gasteiger partial charge on any atom is -0.480 e. The molecule has 1 unspecified atom stereocenters. The third-order valence-electron chi connectivity index (χ3n) is 2.35. The summed E-state index contributed by atoms with van der Waals surface area (Å²) in [5.41, 5.74) is 2.17. The predicted octanol–water partition coefficient (Wildman–Crippen LogP) is -0.152. The highest BCUT2D eigenvalue weighted by Crippen LogP contribution is 2.23. The first-order valence-corrected chi connectivity index (χ1v) is 4.34. The van der Waals surface area contributed by atoms with Crippen molar-refractivity contribution in [1.82, 2.24) is 0 Å². The molecule has 0 aliphatic carbocycles. The van der Waals surface area contributed by atoms with E-state index in [9.17, 15) is 4.79 Å². The zero-order chi connectivity index (χ0) is 9.26. The van der Waals surface area contributed by atoms with Crippen molar-refractivity contribution in [3.63, 3.8) is 0 Å². The Kier molecular flexibility index (Phi) is 4.77. The van der Waals surface area contributed by atoms with Gasteiger partial charge in [-0.25, -0.2) is 4.79 Å². The van der Waals surface area contributed by atoms with E-state index in [1.165, 1.54) is 5.56 Å². The number of carboxylic acids is 1. The number of carboxylic acid groups (broad SMARTS) is 1. The second kappa shape index (κ2) is 5.33. The van der Waals surface area contributed by atoms with Crippen LogP contribution in [0.1, 0.15) is 12.0 Å². The Morgan fingerprint density at radius 2 is 2.00 bits per heavy atom. The van der Waals surface area contributed by atoms with Gasteiger partial charge >= 0.3 is 5.97 Å². The first kappa shape index (κ1) is 13.4. The van der Waals surface area contributed by atoms with Crippen molar-refractivity contribution >= 4 is 11.7 Å². The molecule has 0 radical (unpaired) electrons. The molecule has 1 aliphatic rings. The molecular weight excluding hydrogens is 198 g/mol. The van der Waals surface area contributed by atoms with E-state index in [1.807, 2.05) is 24.3 Å². The summed E-state index contributed by atoms with van der Waals surface area (Å²) in [6, 6.07) is 7.41. The number of fused-ring (bicyclic) bond motifs is 1. The van der Waals surface area contributed by atoms with Crippen LogP contribution in [0, 0.1) is 0 Å². The molecule has 0 saturated carbocycles. The van der Waals surface area contributed by atoms with Crippen LogP contribution in [0.5, 0.6) is 0 Å². The lowest BCUT2D eigenvalue weighted by molar-refractivity contribution is -0.138. The van der Waals surface area contributed by atoms with Gasteiger partial charge in [0.05, 0.1) is 0 Å². The number of para-hydroxylation sites is 1. The van der Waals surface area contributed by atoms with Crippen molar-refractivity contribution in [2.75, 3.05) is 5.32 Å². The average molecular weight is 213 g/mol. The molecule has 0 saturated heterocycles. The third kappa shape index (κ3) is 2.68. The summed E-state index contributed by atoms with van der Waals surface area (Å²) in [6.45, 7) is 0. The molecule has 84 valence electrons. The molecule has 0 aromatic heterocycles. The lowest BCUT2D eigenvalue weighted by Crippen LogP contribution is -2.33. The van der Waals surface area contributed by atoms with Crippen LogP contribution < -0.4 is 5.32 Å². The fraction of sp³-hybridized carbons (Fsp3) is 0.300. The Hall–Kier alpha value is -1.59. The molecule has 1 aromatic rings. The van der Waals surface area contributed by atoms with E-state index in [2.05, 4.69) is 5.32 Å². The molecule has 5 heteroatoms. The van der Waals surface area contributed by atoms with E-state index in [1.54, 1.807) is 0 Å². The molecule has 1 aromatic carbocycles. The van der Waals surface area contributed by atoms with Crippen LogP contribution in [0.3, 0.4) is 0 Å². The molecule has 0 amide bonds. The molecule has 15 heavy (non-hydrogen) atoms. The Bertz CT molecular complexity index is 340. The molecule has 1 atom stereocenters. The van der Waals surface area contributed by atoms with Gasteiger partial charge in [-0.3, -0.25) is 0 Å². The number of aliphatic carboxylic acids is 1. The summed E-state index contributed by atoms with van der Waals surface area (Å²) in [7, 11) is 0. The smallest absolute Gasteiger partial charge is 0.326 e. The maximum atomic E-state index is 10.7. The van der Waals surface area contributed by atoms with Crippen LogP contribution in [0.25, 0.3) is 0 Å². The zero-order valence-corrected chi connectivity index (χ0v) is 8.16. The van der Waals surface area contributed by atoms with Gasteiger partial charge in [-0.1, -0.05) is 18.2 Å². The number of anilines is 1. The SMILES string of the molecule is O.O.O=C(O)C1CCc2ccccc2N1. The zero-order valence-electron chi connectivity index (χ0n) is 8.16. The number of carbonyl (C=O) groups is 1. The van der Waals surface area contributed by atoms with E-state index in [-0.39, 0.29) is 11.0 Å². The Balaban J connectivity index is 0.000000980. The van der Waals surface area contributed by atoms with Crippen molar-refractivity contribution in [3.05, 3.63) is 29.8 Å². The second-order valence-corrected chi connectivity index (χ2v) is 3.23. The summed E-state index contributed by atoms with van der Waals surface area (Å²) in [4.78, 5) is 10.7. The van der Waals surface area contributed by atoms with Gasteiger partial charge in [-0.15, -0.1) is 0 Å². The molecule has 6 N–H and O–H groups in total. The Morgan fingerprint density at radius 1 is 1.33 bits per heavy atom. The van der Waals surface area contributed by atoms with Crippen molar-refractivity contribution < 1.29 is 20.9 Å². The number of nitrogens with one attached hydrogen (secondary N) is 1. The minimum absolute atomic E-state index is 0. The maximum absolute atomic E-state index is 10.7. The van der Waals surface area contributed by atoms with Crippen molar-refractivity contribution in [2.24, 2.45) is 0 Å². The summed E-state index contributed by atoms with van der Waals surface area (Å²) >= 11 is 0. The summed E-state index contributed by atoms with van der Waals surface area (Å²) in [5, 5.41) is 11.8. The first-order chi connectivity index (χ1) is 6.27. The molecule has 0 bridgehead atoms. The van der Waals surface area contributed by atoms with E-state index in [0.717, 1.165) is 12.1 Å². The molecule has 0 spiro atoms. The van der Waals surface area contributed by atoms with Crippen molar-refractivity contribution in [1.29, 1.82) is 0 Å². The molecular formula is C10H15NO4. The van der Waals surface area contributed by atoms with Gasteiger partial charge in [0.1, 0.15) is 6.04 Å². The van der Waals surface area contributed by atoms with Crippen LogP contribution in [-0.4, -0.2) is 28.1 Å². The van der Waals surface area contributed by atoms with Gasteiger partial charge in [0.25, 0.3) is 0 Å². The Morgan fingerprint density at radius 3 is 2.67 bits per heavy atom. The summed E-state index contributed by atoms with van der Waals surface area (Å²) in [5.74, 6) is -0.769. The van der Waals surface area contributed by atoms with Crippen LogP contribution in [0.4, 0.5) is 5.69 Å². The lowest BCUT2D eigenvalue weighted by Gasteiger charge is -2.23. The quantitative estimate of drug-likeness (QED) is 0.676. The average Bonchev–Trinajstić information content (AvgIpc) is 2.17. The summed E-state index contributed by atoms with van der Waals surface area (Å²) in [6.07, 6.45) is 1.52.